The van der Waals surface area contributed by atoms with Gasteiger partial charge in [-0.2, -0.15) is 0 Å². The molecule has 1 aromatic carbocycles. The maximum absolute atomic E-state index is 5.59. The van der Waals surface area contributed by atoms with Crippen LogP contribution in [-0.2, 0) is 6.42 Å². The average molecular weight is 155 g/mol. The number of fused-ring (bicyclic) bond motifs is 1. The number of pyridine rings is 1. The monoisotopic (exact) mass is 155 g/mol. The quantitative estimate of drug-likeness (QED) is 0.616. The minimum Gasteiger partial charge on any atom is -0.256 e. The Morgan fingerprint density at radius 2 is 2.00 bits per heavy atom. The van der Waals surface area contributed by atoms with Crippen LogP contribution in [0.1, 0.15) is 5.56 Å². The summed E-state index contributed by atoms with van der Waals surface area (Å²) in [6.45, 7) is 5.59. The van der Waals surface area contributed by atoms with Crippen LogP contribution in [0.5, 0.6) is 0 Å². The summed E-state index contributed by atoms with van der Waals surface area (Å²) in [5.74, 6) is 0. The zero-order chi connectivity index (χ0) is 8.39. The molecule has 0 unspecified atom stereocenters. The van der Waals surface area contributed by atoms with E-state index in [1.54, 1.807) is 6.20 Å². The van der Waals surface area contributed by atoms with E-state index in [1.165, 1.54) is 0 Å². The SMILES string of the molecule is [CH]Cc1ccnc2ccccc12. The Morgan fingerprint density at radius 1 is 1.17 bits per heavy atom. The highest BCUT2D eigenvalue weighted by Crippen LogP contribution is 2.15. The predicted octanol–water partition coefficient (Wildman–Crippen LogP) is 2.49. The van der Waals surface area contributed by atoms with Gasteiger partial charge >= 0.3 is 0 Å². The molecule has 58 valence electrons. The molecule has 0 atom stereocenters. The first-order valence-corrected chi connectivity index (χ1v) is 3.94. The number of para-hydroxylation sites is 1. The highest BCUT2D eigenvalue weighted by molar-refractivity contribution is 5.81. The molecule has 2 radical (unpaired) electrons. The molecule has 0 saturated heterocycles. The van der Waals surface area contributed by atoms with Gasteiger partial charge in [-0.1, -0.05) is 18.2 Å². The van der Waals surface area contributed by atoms with Gasteiger partial charge in [-0.15, -0.1) is 0 Å². The van der Waals surface area contributed by atoms with E-state index in [2.05, 4.69) is 4.98 Å². The molecule has 2 aromatic rings. The van der Waals surface area contributed by atoms with Crippen molar-refractivity contribution >= 4 is 10.9 Å². The topological polar surface area (TPSA) is 12.9 Å². The second-order valence-corrected chi connectivity index (χ2v) is 2.69. The summed E-state index contributed by atoms with van der Waals surface area (Å²) in [6, 6.07) is 9.99. The van der Waals surface area contributed by atoms with E-state index in [-0.39, 0.29) is 0 Å². The molecule has 1 heterocycles. The van der Waals surface area contributed by atoms with Gasteiger partial charge in [0.2, 0.25) is 0 Å². The van der Waals surface area contributed by atoms with Gasteiger partial charge in [-0.25, -0.2) is 0 Å². The molecule has 2 rings (SSSR count). The first-order valence-electron chi connectivity index (χ1n) is 3.94. The van der Waals surface area contributed by atoms with E-state index in [1.807, 2.05) is 30.3 Å². The maximum Gasteiger partial charge on any atom is 0.0704 e. The number of nitrogens with zero attached hydrogens (tertiary/aromatic N) is 1. The zero-order valence-corrected chi connectivity index (χ0v) is 6.70. The molecule has 0 aliphatic carbocycles. The van der Waals surface area contributed by atoms with Crippen LogP contribution in [0, 0.1) is 6.92 Å². The third-order valence-electron chi connectivity index (χ3n) is 1.96. The molecular weight excluding hydrogens is 146 g/mol. The third kappa shape index (κ3) is 1.07. The normalized spacial score (nSPS) is 10.4. The lowest BCUT2D eigenvalue weighted by Crippen LogP contribution is -1.85. The first kappa shape index (κ1) is 7.29. The lowest BCUT2D eigenvalue weighted by Gasteiger charge is -2.01. The molecular formula is C11H9N. The van der Waals surface area contributed by atoms with Gasteiger partial charge in [-0.3, -0.25) is 4.98 Å². The Kier molecular flexibility index (Phi) is 1.78. The van der Waals surface area contributed by atoms with E-state index >= 15 is 0 Å². The van der Waals surface area contributed by atoms with E-state index < -0.39 is 0 Å². The van der Waals surface area contributed by atoms with E-state index in [4.69, 9.17) is 6.92 Å². The summed E-state index contributed by atoms with van der Waals surface area (Å²) in [7, 11) is 0. The number of benzene rings is 1. The van der Waals surface area contributed by atoms with Crippen molar-refractivity contribution in [2.75, 3.05) is 0 Å². The molecule has 1 heteroatoms. The molecule has 0 bridgehead atoms. The Morgan fingerprint density at radius 3 is 2.83 bits per heavy atom. The summed E-state index contributed by atoms with van der Waals surface area (Å²) in [5, 5.41) is 1.16. The summed E-state index contributed by atoms with van der Waals surface area (Å²) >= 11 is 0. The van der Waals surface area contributed by atoms with Crippen LogP contribution in [0.3, 0.4) is 0 Å². The molecule has 12 heavy (non-hydrogen) atoms. The van der Waals surface area contributed by atoms with Gasteiger partial charge in [0.1, 0.15) is 0 Å². The molecule has 0 spiro atoms. The highest BCUT2D eigenvalue weighted by Gasteiger charge is 1.96. The van der Waals surface area contributed by atoms with Crippen LogP contribution in [-0.4, -0.2) is 4.98 Å². The van der Waals surface area contributed by atoms with E-state index in [9.17, 15) is 0 Å². The second kappa shape index (κ2) is 2.94. The van der Waals surface area contributed by atoms with Gasteiger partial charge < -0.3 is 0 Å². The smallest absolute Gasteiger partial charge is 0.0704 e. The average Bonchev–Trinajstić information content (AvgIpc) is 2.17. The minimum atomic E-state index is 0.572. The summed E-state index contributed by atoms with van der Waals surface area (Å²) in [5.41, 5.74) is 2.17. The molecule has 0 aliphatic rings. The van der Waals surface area contributed by atoms with Crippen molar-refractivity contribution in [3.63, 3.8) is 0 Å². The standard InChI is InChI=1S/C11H9N/c1-2-9-7-8-12-11-6-4-3-5-10(9)11/h1,3-8H,2H2. The van der Waals surface area contributed by atoms with Crippen LogP contribution in [0.4, 0.5) is 0 Å². The maximum atomic E-state index is 5.59. The second-order valence-electron chi connectivity index (χ2n) is 2.69. The lowest BCUT2D eigenvalue weighted by molar-refractivity contribution is 1.27. The number of rotatable bonds is 1. The molecule has 0 N–H and O–H groups in total. The number of hydrogen-bond acceptors (Lipinski definition) is 1. The van der Waals surface area contributed by atoms with Crippen molar-refractivity contribution in [1.82, 2.24) is 4.98 Å². The van der Waals surface area contributed by atoms with E-state index in [0.29, 0.717) is 6.42 Å². The predicted molar refractivity (Wildman–Crippen MR) is 49.7 cm³/mol. The fourth-order valence-electron chi connectivity index (χ4n) is 1.33. The fraction of sp³-hybridized carbons (Fsp3) is 0.0909. The highest BCUT2D eigenvalue weighted by atomic mass is 14.6. The third-order valence-corrected chi connectivity index (χ3v) is 1.96. The molecule has 1 aromatic heterocycles. The first-order chi connectivity index (χ1) is 5.92. The summed E-state index contributed by atoms with van der Waals surface area (Å²) < 4.78 is 0. The van der Waals surface area contributed by atoms with Crippen molar-refractivity contribution in [3.8, 4) is 0 Å². The molecule has 0 aliphatic heterocycles. The Labute approximate surface area is 72.1 Å². The minimum absolute atomic E-state index is 0.572. The van der Waals surface area contributed by atoms with Gasteiger partial charge in [0.15, 0.2) is 0 Å². The number of aromatic nitrogens is 1. The largest absolute Gasteiger partial charge is 0.256 e. The van der Waals surface area contributed by atoms with Crippen molar-refractivity contribution < 1.29 is 0 Å². The van der Waals surface area contributed by atoms with Crippen molar-refractivity contribution in [3.05, 3.63) is 49.0 Å². The fourth-order valence-corrected chi connectivity index (χ4v) is 1.33. The van der Waals surface area contributed by atoms with E-state index in [0.717, 1.165) is 16.5 Å². The number of hydrogen-bond donors (Lipinski definition) is 0. The Hall–Kier alpha value is -1.37. The van der Waals surface area contributed by atoms with Crippen LogP contribution in [0.2, 0.25) is 0 Å². The lowest BCUT2D eigenvalue weighted by atomic mass is 10.1. The van der Waals surface area contributed by atoms with Crippen LogP contribution in [0.15, 0.2) is 36.5 Å². The van der Waals surface area contributed by atoms with Crippen molar-refractivity contribution in [2.24, 2.45) is 0 Å². The molecule has 0 saturated carbocycles. The van der Waals surface area contributed by atoms with Crippen LogP contribution >= 0.6 is 0 Å². The van der Waals surface area contributed by atoms with Crippen LogP contribution < -0.4 is 0 Å². The zero-order valence-electron chi connectivity index (χ0n) is 6.70. The van der Waals surface area contributed by atoms with Gasteiger partial charge in [0.25, 0.3) is 0 Å². The van der Waals surface area contributed by atoms with Gasteiger partial charge in [0.05, 0.1) is 5.52 Å². The van der Waals surface area contributed by atoms with Crippen molar-refractivity contribution in [2.45, 2.75) is 6.42 Å². The molecule has 0 amide bonds. The Bertz CT molecular complexity index is 388. The summed E-state index contributed by atoms with van der Waals surface area (Å²) in [6.07, 6.45) is 2.37. The van der Waals surface area contributed by atoms with Gasteiger partial charge in [0, 0.05) is 11.6 Å². The van der Waals surface area contributed by atoms with Gasteiger partial charge in [-0.05, 0) is 31.0 Å². The molecule has 0 fully saturated rings. The van der Waals surface area contributed by atoms with Crippen LogP contribution in [0.25, 0.3) is 10.9 Å². The summed E-state index contributed by atoms with van der Waals surface area (Å²) in [4.78, 5) is 4.23. The van der Waals surface area contributed by atoms with Crippen molar-refractivity contribution in [1.29, 1.82) is 0 Å². The Balaban J connectivity index is 2.79. The molecule has 1 nitrogen and oxygen atoms in total.